The number of halogens is 3. The van der Waals surface area contributed by atoms with Gasteiger partial charge in [0, 0.05) is 26.4 Å². The highest BCUT2D eigenvalue weighted by Crippen LogP contribution is 2.21. The number of ether oxygens (including phenoxy) is 1. The molecule has 0 unspecified atom stereocenters. The van der Waals surface area contributed by atoms with Gasteiger partial charge >= 0.3 is 0 Å². The van der Waals surface area contributed by atoms with E-state index in [2.05, 4.69) is 10.2 Å². The van der Waals surface area contributed by atoms with E-state index >= 15 is 0 Å². The van der Waals surface area contributed by atoms with Crippen molar-refractivity contribution in [1.29, 1.82) is 0 Å². The van der Waals surface area contributed by atoms with Crippen LogP contribution < -0.4 is 4.74 Å². The van der Waals surface area contributed by atoms with Crippen LogP contribution in [0, 0.1) is 5.82 Å². The molecular weight excluding hydrogens is 396 g/mol. The molecule has 10 heteroatoms. The number of amides is 1. The summed E-state index contributed by atoms with van der Waals surface area (Å²) in [5.74, 6) is -0.392. The van der Waals surface area contributed by atoms with Crippen molar-refractivity contribution in [2.75, 3.05) is 7.05 Å². The van der Waals surface area contributed by atoms with Gasteiger partial charge in [-0.2, -0.15) is 10.2 Å². The summed E-state index contributed by atoms with van der Waals surface area (Å²) in [5, 5.41) is 8.71. The Morgan fingerprint density at radius 1 is 1.30 bits per heavy atom. The molecule has 7 nitrogen and oxygen atoms in total. The van der Waals surface area contributed by atoms with E-state index in [4.69, 9.17) is 27.9 Å². The van der Waals surface area contributed by atoms with Crippen molar-refractivity contribution in [2.24, 2.45) is 7.05 Å². The van der Waals surface area contributed by atoms with Crippen LogP contribution in [0.15, 0.2) is 36.7 Å². The Balaban J connectivity index is 1.62. The second-order valence-corrected chi connectivity index (χ2v) is 6.63. The summed E-state index contributed by atoms with van der Waals surface area (Å²) < 4.78 is 21.7. The molecule has 0 spiro atoms. The molecule has 0 radical (unpaired) electrons. The minimum Gasteiger partial charge on any atom is -0.471 e. The van der Waals surface area contributed by atoms with Crippen molar-refractivity contribution < 1.29 is 13.9 Å². The van der Waals surface area contributed by atoms with Crippen molar-refractivity contribution >= 4 is 29.1 Å². The molecular formula is C17H16Cl2FN5O2. The molecule has 1 aromatic carbocycles. The molecule has 0 aliphatic rings. The van der Waals surface area contributed by atoms with Gasteiger partial charge in [-0.25, -0.2) is 9.07 Å². The second kappa shape index (κ2) is 7.98. The number of aromatic nitrogens is 4. The van der Waals surface area contributed by atoms with Gasteiger partial charge in [0.2, 0.25) is 0 Å². The van der Waals surface area contributed by atoms with Crippen LogP contribution in [0.2, 0.25) is 10.0 Å². The topological polar surface area (TPSA) is 65.2 Å². The van der Waals surface area contributed by atoms with Crippen LogP contribution >= 0.6 is 23.2 Å². The lowest BCUT2D eigenvalue weighted by Crippen LogP contribution is -2.28. The highest BCUT2D eigenvalue weighted by atomic mass is 35.5. The Kier molecular flexibility index (Phi) is 5.67. The lowest BCUT2D eigenvalue weighted by atomic mass is 10.3. The first-order chi connectivity index (χ1) is 12.8. The van der Waals surface area contributed by atoms with Crippen molar-refractivity contribution in [3.05, 3.63) is 63.9 Å². The maximum atomic E-state index is 13.2. The molecule has 142 valence electrons. The van der Waals surface area contributed by atoms with Crippen LogP contribution in [0.5, 0.6) is 5.75 Å². The maximum Gasteiger partial charge on any atom is 0.274 e. The zero-order valence-corrected chi connectivity index (χ0v) is 16.1. The Morgan fingerprint density at radius 3 is 2.74 bits per heavy atom. The van der Waals surface area contributed by atoms with Crippen LogP contribution in [0.25, 0.3) is 0 Å². The lowest BCUT2D eigenvalue weighted by Gasteiger charge is -2.16. The third kappa shape index (κ3) is 4.40. The van der Waals surface area contributed by atoms with Crippen molar-refractivity contribution in [2.45, 2.75) is 13.3 Å². The first-order valence-corrected chi connectivity index (χ1v) is 8.64. The van der Waals surface area contributed by atoms with E-state index in [1.165, 1.54) is 34.0 Å². The van der Waals surface area contributed by atoms with Gasteiger partial charge in [0.15, 0.2) is 12.4 Å². The van der Waals surface area contributed by atoms with Crippen LogP contribution in [0.4, 0.5) is 4.39 Å². The van der Waals surface area contributed by atoms with Crippen molar-refractivity contribution in [1.82, 2.24) is 24.5 Å². The van der Waals surface area contributed by atoms with Gasteiger partial charge in [-0.1, -0.05) is 23.2 Å². The van der Waals surface area contributed by atoms with Crippen LogP contribution in [0.3, 0.4) is 0 Å². The number of benzene rings is 1. The number of carbonyl (C=O) groups excluding carboxylic acids is 1. The molecule has 2 aromatic heterocycles. The summed E-state index contributed by atoms with van der Waals surface area (Å²) in [6.45, 7) is 0.345. The van der Waals surface area contributed by atoms with Gasteiger partial charge in [-0.15, -0.1) is 0 Å². The fraction of sp³-hybridized carbons (Fsp3) is 0.235. The molecule has 3 rings (SSSR count). The van der Waals surface area contributed by atoms with E-state index in [-0.39, 0.29) is 23.4 Å². The van der Waals surface area contributed by atoms with Crippen LogP contribution in [-0.2, 0) is 20.3 Å². The van der Waals surface area contributed by atoms with Gasteiger partial charge in [-0.3, -0.25) is 9.48 Å². The molecule has 0 aliphatic heterocycles. The quantitative estimate of drug-likeness (QED) is 0.623. The predicted molar refractivity (Wildman–Crippen MR) is 98.3 cm³/mol. The van der Waals surface area contributed by atoms with Gasteiger partial charge in [0.25, 0.3) is 5.91 Å². The Hall–Kier alpha value is -2.58. The monoisotopic (exact) mass is 411 g/mol. The average molecular weight is 412 g/mol. The standard InChI is InChI=1S/C17H16Cl2FN5O2/c1-23(9-16-13(19)8-21-24(16)2)17(26)15-5-6-25(22-15)10-27-11-3-4-14(20)12(18)7-11/h3-8H,9-10H2,1-2H3. The number of aryl methyl sites for hydroxylation is 1. The van der Waals surface area contributed by atoms with E-state index in [9.17, 15) is 9.18 Å². The molecule has 0 fully saturated rings. The molecule has 2 heterocycles. The Morgan fingerprint density at radius 2 is 2.07 bits per heavy atom. The molecule has 0 saturated heterocycles. The highest BCUT2D eigenvalue weighted by Gasteiger charge is 2.18. The number of nitrogens with zero attached hydrogens (tertiary/aromatic N) is 5. The molecule has 3 aromatic rings. The summed E-state index contributed by atoms with van der Waals surface area (Å²) in [6.07, 6.45) is 3.15. The van der Waals surface area contributed by atoms with Crippen molar-refractivity contribution in [3.8, 4) is 5.75 Å². The first-order valence-electron chi connectivity index (χ1n) is 7.88. The minimum atomic E-state index is -0.521. The summed E-state index contributed by atoms with van der Waals surface area (Å²) in [6, 6.07) is 5.64. The number of carbonyl (C=O) groups is 1. The zero-order valence-electron chi connectivity index (χ0n) is 14.6. The normalized spacial score (nSPS) is 10.9. The summed E-state index contributed by atoms with van der Waals surface area (Å²) in [4.78, 5) is 14.0. The zero-order chi connectivity index (χ0) is 19.6. The van der Waals surface area contributed by atoms with E-state index in [1.807, 2.05) is 0 Å². The fourth-order valence-electron chi connectivity index (χ4n) is 2.36. The third-order valence-corrected chi connectivity index (χ3v) is 4.46. The first kappa shape index (κ1) is 19.2. The van der Waals surface area contributed by atoms with E-state index < -0.39 is 5.82 Å². The number of hydrogen-bond acceptors (Lipinski definition) is 4. The molecule has 0 atom stereocenters. The van der Waals surface area contributed by atoms with Gasteiger partial charge in [-0.05, 0) is 18.2 Å². The Bertz CT molecular complexity index is 953. The minimum absolute atomic E-state index is 0.0284. The molecule has 0 bridgehead atoms. The highest BCUT2D eigenvalue weighted by molar-refractivity contribution is 6.31. The second-order valence-electron chi connectivity index (χ2n) is 5.81. The molecule has 0 N–H and O–H groups in total. The van der Waals surface area contributed by atoms with Gasteiger partial charge < -0.3 is 9.64 Å². The fourth-order valence-corrected chi connectivity index (χ4v) is 2.76. The number of hydrogen-bond donors (Lipinski definition) is 0. The molecule has 1 amide bonds. The summed E-state index contributed by atoms with van der Waals surface area (Å²) >= 11 is 11.8. The van der Waals surface area contributed by atoms with E-state index in [1.54, 1.807) is 31.0 Å². The average Bonchev–Trinajstić information content (AvgIpc) is 3.24. The maximum absolute atomic E-state index is 13.2. The van der Waals surface area contributed by atoms with E-state index in [0.29, 0.717) is 17.3 Å². The lowest BCUT2D eigenvalue weighted by molar-refractivity contribution is 0.0774. The molecule has 0 aliphatic carbocycles. The van der Waals surface area contributed by atoms with Crippen molar-refractivity contribution in [3.63, 3.8) is 0 Å². The smallest absolute Gasteiger partial charge is 0.274 e. The molecule has 0 saturated carbocycles. The summed E-state index contributed by atoms with van der Waals surface area (Å²) in [7, 11) is 3.41. The van der Waals surface area contributed by atoms with Crippen LogP contribution in [0.1, 0.15) is 16.2 Å². The predicted octanol–water partition coefficient (Wildman–Crippen LogP) is 3.37. The summed E-state index contributed by atoms with van der Waals surface area (Å²) in [5.41, 5.74) is 0.986. The van der Waals surface area contributed by atoms with Gasteiger partial charge in [0.05, 0.1) is 28.5 Å². The van der Waals surface area contributed by atoms with E-state index in [0.717, 1.165) is 5.69 Å². The molecule has 27 heavy (non-hydrogen) atoms. The number of rotatable bonds is 6. The third-order valence-electron chi connectivity index (χ3n) is 3.86. The Labute approximate surface area is 164 Å². The largest absolute Gasteiger partial charge is 0.471 e. The van der Waals surface area contributed by atoms with Crippen LogP contribution in [-0.4, -0.2) is 37.4 Å². The SMILES string of the molecule is CN(Cc1c(Cl)cnn1C)C(=O)c1ccn(COc2ccc(F)c(Cl)c2)n1. The van der Waals surface area contributed by atoms with Gasteiger partial charge in [0.1, 0.15) is 11.6 Å².